The van der Waals surface area contributed by atoms with Gasteiger partial charge in [0.2, 0.25) is 0 Å². The van der Waals surface area contributed by atoms with Crippen molar-refractivity contribution >= 4 is 5.69 Å². The average Bonchev–Trinajstić information content (AvgIpc) is 3.19. The Kier molecular flexibility index (Phi) is 5.97. The second kappa shape index (κ2) is 8.80. The number of aliphatic hydroxyl groups excluding tert-OH is 1. The summed E-state index contributed by atoms with van der Waals surface area (Å²) in [4.78, 5) is 4.72. The predicted octanol–water partition coefficient (Wildman–Crippen LogP) is 3.84. The Morgan fingerprint density at radius 2 is 1.66 bits per heavy atom. The molecule has 0 radical (unpaired) electrons. The highest BCUT2D eigenvalue weighted by molar-refractivity contribution is 5.53. The molecule has 1 saturated heterocycles. The topological polar surface area (TPSA) is 31.6 Å². The lowest BCUT2D eigenvalue weighted by atomic mass is 10.1. The Hall–Kier alpha value is -2.63. The number of hydrogen-bond donors (Lipinski definition) is 1. The number of halogens is 1. The van der Waals surface area contributed by atoms with E-state index in [1.807, 2.05) is 29.0 Å². The largest absolute Gasteiger partial charge is 0.386 e. The molecule has 0 aliphatic carbocycles. The molecule has 1 aliphatic heterocycles. The smallest absolute Gasteiger partial charge is 0.128 e. The van der Waals surface area contributed by atoms with Crippen LogP contribution in [0.1, 0.15) is 22.9 Å². The van der Waals surface area contributed by atoms with Crippen molar-refractivity contribution in [2.75, 3.05) is 37.6 Å². The maximum absolute atomic E-state index is 14.0. The summed E-state index contributed by atoms with van der Waals surface area (Å²) in [6.45, 7) is 6.89. The first kappa shape index (κ1) is 19.7. The number of aromatic nitrogens is 1. The first-order valence-electron chi connectivity index (χ1n) is 10.2. The highest BCUT2D eigenvalue weighted by Crippen LogP contribution is 2.23. The van der Waals surface area contributed by atoms with Crippen molar-refractivity contribution < 1.29 is 9.50 Å². The fourth-order valence-electron chi connectivity index (χ4n) is 4.11. The van der Waals surface area contributed by atoms with Crippen LogP contribution in [0.25, 0.3) is 0 Å². The van der Waals surface area contributed by atoms with E-state index in [2.05, 4.69) is 41.0 Å². The second-order valence-corrected chi connectivity index (χ2v) is 7.74. The third-order valence-electron chi connectivity index (χ3n) is 5.76. The van der Waals surface area contributed by atoms with Gasteiger partial charge in [-0.2, -0.15) is 0 Å². The van der Waals surface area contributed by atoms with E-state index in [0.29, 0.717) is 18.7 Å². The maximum atomic E-state index is 14.0. The van der Waals surface area contributed by atoms with E-state index in [9.17, 15) is 9.50 Å². The van der Waals surface area contributed by atoms with E-state index in [1.165, 1.54) is 17.3 Å². The van der Waals surface area contributed by atoms with Crippen molar-refractivity contribution in [3.8, 4) is 0 Å². The van der Waals surface area contributed by atoms with Gasteiger partial charge in [-0.1, -0.05) is 36.4 Å². The number of aliphatic hydroxyl groups is 1. The van der Waals surface area contributed by atoms with Crippen molar-refractivity contribution in [2.24, 2.45) is 0 Å². The number of hydrogen-bond acceptors (Lipinski definition) is 3. The normalized spacial score (nSPS) is 16.2. The standard InChI is InChI=1S/C24H28FN3O/c1-19-7-2-5-10-22(19)27-15-13-26(14-16-27)18-24(29)23-11-6-12-28(23)17-20-8-3-4-9-21(20)25/h2-12,24,29H,13-18H2,1H3. The van der Waals surface area contributed by atoms with E-state index in [4.69, 9.17) is 0 Å². The minimum atomic E-state index is -0.596. The van der Waals surface area contributed by atoms with Crippen LogP contribution in [-0.2, 0) is 6.54 Å². The molecule has 0 spiro atoms. The number of para-hydroxylation sites is 1. The van der Waals surface area contributed by atoms with Crippen LogP contribution in [0.3, 0.4) is 0 Å². The maximum Gasteiger partial charge on any atom is 0.128 e. The quantitative estimate of drug-likeness (QED) is 0.691. The highest BCUT2D eigenvalue weighted by atomic mass is 19.1. The summed E-state index contributed by atoms with van der Waals surface area (Å²) in [5.74, 6) is -0.214. The van der Waals surface area contributed by atoms with Crippen LogP contribution < -0.4 is 4.90 Å². The number of aryl methyl sites for hydroxylation is 1. The molecule has 2 heterocycles. The molecule has 1 unspecified atom stereocenters. The van der Waals surface area contributed by atoms with Crippen LogP contribution in [0.4, 0.5) is 10.1 Å². The third-order valence-corrected chi connectivity index (χ3v) is 5.76. The SMILES string of the molecule is Cc1ccccc1N1CCN(CC(O)c2cccn2Cc2ccccc2F)CC1. The average molecular weight is 394 g/mol. The van der Waals surface area contributed by atoms with Gasteiger partial charge in [0, 0.05) is 55.9 Å². The molecule has 1 N–H and O–H groups in total. The van der Waals surface area contributed by atoms with E-state index >= 15 is 0 Å². The van der Waals surface area contributed by atoms with E-state index in [-0.39, 0.29) is 5.82 Å². The van der Waals surface area contributed by atoms with Gasteiger partial charge in [0.05, 0.1) is 6.54 Å². The molecule has 2 aromatic carbocycles. The molecule has 1 atom stereocenters. The first-order chi connectivity index (χ1) is 14.1. The van der Waals surface area contributed by atoms with Gasteiger partial charge in [0.1, 0.15) is 11.9 Å². The lowest BCUT2D eigenvalue weighted by molar-refractivity contribution is 0.103. The Morgan fingerprint density at radius 3 is 2.41 bits per heavy atom. The summed E-state index contributed by atoms with van der Waals surface area (Å²) in [5, 5.41) is 10.8. The molecule has 4 rings (SSSR count). The zero-order valence-corrected chi connectivity index (χ0v) is 16.8. The van der Waals surface area contributed by atoms with Gasteiger partial charge >= 0.3 is 0 Å². The number of piperazine rings is 1. The van der Waals surface area contributed by atoms with Gasteiger partial charge < -0.3 is 14.6 Å². The van der Waals surface area contributed by atoms with E-state index in [0.717, 1.165) is 31.9 Å². The van der Waals surface area contributed by atoms with Crippen molar-refractivity contribution in [1.29, 1.82) is 0 Å². The van der Waals surface area contributed by atoms with Crippen LogP contribution >= 0.6 is 0 Å². The molecule has 1 aromatic heterocycles. The van der Waals surface area contributed by atoms with Crippen LogP contribution in [-0.4, -0.2) is 47.3 Å². The lowest BCUT2D eigenvalue weighted by Gasteiger charge is -2.37. The molecular formula is C24H28FN3O. The molecular weight excluding hydrogens is 365 g/mol. The second-order valence-electron chi connectivity index (χ2n) is 7.74. The molecule has 1 fully saturated rings. The summed E-state index contributed by atoms with van der Waals surface area (Å²) < 4.78 is 15.9. The van der Waals surface area contributed by atoms with Gasteiger partial charge in [0.25, 0.3) is 0 Å². The van der Waals surface area contributed by atoms with Gasteiger partial charge in [0.15, 0.2) is 0 Å². The molecule has 5 heteroatoms. The van der Waals surface area contributed by atoms with E-state index < -0.39 is 6.10 Å². The summed E-state index contributed by atoms with van der Waals surface area (Å²) in [6.07, 6.45) is 1.31. The van der Waals surface area contributed by atoms with Gasteiger partial charge in [-0.3, -0.25) is 4.90 Å². The summed E-state index contributed by atoms with van der Waals surface area (Å²) in [5.41, 5.74) is 4.05. The molecule has 0 amide bonds. The van der Waals surface area contributed by atoms with Crippen LogP contribution in [0, 0.1) is 12.7 Å². The summed E-state index contributed by atoms with van der Waals surface area (Å²) in [6, 6.07) is 19.1. The Balaban J connectivity index is 1.36. The fraction of sp³-hybridized carbons (Fsp3) is 0.333. The highest BCUT2D eigenvalue weighted by Gasteiger charge is 2.22. The third kappa shape index (κ3) is 4.52. The molecule has 3 aromatic rings. The van der Waals surface area contributed by atoms with Crippen molar-refractivity contribution in [1.82, 2.24) is 9.47 Å². The fourth-order valence-corrected chi connectivity index (χ4v) is 4.11. The molecule has 0 bridgehead atoms. The van der Waals surface area contributed by atoms with Crippen molar-refractivity contribution in [3.63, 3.8) is 0 Å². The minimum absolute atomic E-state index is 0.214. The monoisotopic (exact) mass is 393 g/mol. The number of rotatable bonds is 6. The molecule has 0 saturated carbocycles. The number of nitrogens with zero attached hydrogens (tertiary/aromatic N) is 3. The number of β-amino-alcohol motifs (C(OH)–C–C–N with tert-alkyl or cyclic N) is 1. The Morgan fingerprint density at radius 1 is 0.931 bits per heavy atom. The van der Waals surface area contributed by atoms with Gasteiger partial charge in [-0.05, 0) is 36.8 Å². The summed E-state index contributed by atoms with van der Waals surface area (Å²) >= 11 is 0. The van der Waals surface area contributed by atoms with Gasteiger partial charge in [-0.15, -0.1) is 0 Å². The van der Waals surface area contributed by atoms with Gasteiger partial charge in [-0.25, -0.2) is 4.39 Å². The van der Waals surface area contributed by atoms with Crippen molar-refractivity contribution in [3.05, 3.63) is 89.5 Å². The predicted molar refractivity (Wildman–Crippen MR) is 115 cm³/mol. The first-order valence-corrected chi connectivity index (χ1v) is 10.2. The molecule has 1 aliphatic rings. The minimum Gasteiger partial charge on any atom is -0.386 e. The Labute approximate surface area is 171 Å². The van der Waals surface area contributed by atoms with Crippen LogP contribution in [0.15, 0.2) is 66.9 Å². The van der Waals surface area contributed by atoms with E-state index in [1.54, 1.807) is 12.1 Å². The Bertz CT molecular complexity index is 947. The lowest BCUT2D eigenvalue weighted by Crippen LogP contribution is -2.47. The zero-order valence-electron chi connectivity index (χ0n) is 16.8. The van der Waals surface area contributed by atoms with Crippen LogP contribution in [0.2, 0.25) is 0 Å². The summed E-state index contributed by atoms with van der Waals surface area (Å²) in [7, 11) is 0. The molecule has 4 nitrogen and oxygen atoms in total. The molecule has 152 valence electrons. The number of anilines is 1. The van der Waals surface area contributed by atoms with Crippen LogP contribution in [0.5, 0.6) is 0 Å². The zero-order chi connectivity index (χ0) is 20.2. The van der Waals surface area contributed by atoms with Crippen molar-refractivity contribution in [2.45, 2.75) is 19.6 Å². The molecule has 29 heavy (non-hydrogen) atoms. The number of benzene rings is 2.